The quantitative estimate of drug-likeness (QED) is 0.536. The van der Waals surface area contributed by atoms with Crippen LogP contribution in [0.3, 0.4) is 0 Å². The molecule has 1 aromatic carbocycles. The molecule has 0 spiro atoms. The summed E-state index contributed by atoms with van der Waals surface area (Å²) in [5.74, 6) is -0.562. The smallest absolute Gasteiger partial charge is 0.320 e. The summed E-state index contributed by atoms with van der Waals surface area (Å²) in [5, 5.41) is 8.82. The molecule has 104 valence electrons. The Morgan fingerprint density at radius 3 is 2.90 bits per heavy atom. The van der Waals surface area contributed by atoms with E-state index in [0.717, 1.165) is 5.56 Å². The molecular weight excluding hydrogens is 278 g/mol. The second kappa shape index (κ2) is 6.27. The Labute approximate surface area is 118 Å². The molecular formula is C13H13N3O3S. The van der Waals surface area contributed by atoms with E-state index in [-0.39, 0.29) is 6.42 Å². The number of nitrogens with two attached hydrogens (primary N) is 1. The van der Waals surface area contributed by atoms with Gasteiger partial charge in [-0.2, -0.15) is 0 Å². The number of carboxylic acid groups (broad SMARTS) is 1. The Morgan fingerprint density at radius 1 is 1.50 bits per heavy atom. The SMILES string of the molecule is NC(Cc1cccc(C(=S=O)c2ncc[nH]2)c1)C(=O)O. The van der Waals surface area contributed by atoms with Gasteiger partial charge >= 0.3 is 5.97 Å². The van der Waals surface area contributed by atoms with Gasteiger partial charge in [-0.25, -0.2) is 9.19 Å². The molecule has 0 amide bonds. The van der Waals surface area contributed by atoms with Crippen molar-refractivity contribution in [3.8, 4) is 0 Å². The average Bonchev–Trinajstić information content (AvgIpc) is 2.94. The van der Waals surface area contributed by atoms with Gasteiger partial charge in [-0.1, -0.05) is 24.3 Å². The lowest BCUT2D eigenvalue weighted by atomic mass is 10.0. The zero-order valence-corrected chi connectivity index (χ0v) is 11.3. The van der Waals surface area contributed by atoms with Crippen LogP contribution in [0.5, 0.6) is 0 Å². The summed E-state index contributed by atoms with van der Waals surface area (Å²) in [6.07, 6.45) is 3.41. The van der Waals surface area contributed by atoms with Crippen LogP contribution in [-0.2, 0) is 22.5 Å². The summed E-state index contributed by atoms with van der Waals surface area (Å²) in [4.78, 5) is 18.2. The maximum Gasteiger partial charge on any atom is 0.320 e. The van der Waals surface area contributed by atoms with E-state index >= 15 is 0 Å². The fourth-order valence-electron chi connectivity index (χ4n) is 1.79. The van der Waals surface area contributed by atoms with E-state index in [2.05, 4.69) is 9.97 Å². The predicted octanol–water partition coefficient (Wildman–Crippen LogP) is 0.146. The summed E-state index contributed by atoms with van der Waals surface area (Å²) < 4.78 is 11.3. The molecule has 2 rings (SSSR count). The summed E-state index contributed by atoms with van der Waals surface area (Å²) in [6.45, 7) is 0. The fourth-order valence-corrected chi connectivity index (χ4v) is 2.21. The number of nitrogens with zero attached hydrogens (tertiary/aromatic N) is 1. The van der Waals surface area contributed by atoms with Crippen molar-refractivity contribution >= 4 is 22.1 Å². The molecule has 0 bridgehead atoms. The van der Waals surface area contributed by atoms with Crippen molar-refractivity contribution < 1.29 is 14.1 Å². The number of rotatable bonds is 5. The fraction of sp³-hybridized carbons (Fsp3) is 0.154. The molecule has 0 fully saturated rings. The number of nitrogens with one attached hydrogen (secondary N) is 1. The van der Waals surface area contributed by atoms with Crippen molar-refractivity contribution in [1.82, 2.24) is 9.97 Å². The number of carbonyl (C=O) groups is 1. The minimum absolute atomic E-state index is 0.206. The van der Waals surface area contributed by atoms with Crippen LogP contribution in [0.15, 0.2) is 36.7 Å². The van der Waals surface area contributed by atoms with Gasteiger partial charge in [0.2, 0.25) is 0 Å². The number of H-pyrrole nitrogens is 1. The van der Waals surface area contributed by atoms with Gasteiger partial charge in [0.1, 0.15) is 22.2 Å². The Morgan fingerprint density at radius 2 is 2.30 bits per heavy atom. The van der Waals surface area contributed by atoms with E-state index in [1.165, 1.54) is 0 Å². The molecule has 4 N–H and O–H groups in total. The van der Waals surface area contributed by atoms with Crippen LogP contribution in [0.2, 0.25) is 0 Å². The lowest BCUT2D eigenvalue weighted by Gasteiger charge is -2.08. The molecule has 1 heterocycles. The Kier molecular flexibility index (Phi) is 4.44. The number of aliphatic carboxylic acids is 1. The number of imidazole rings is 1. The molecule has 0 aliphatic rings. The maximum absolute atomic E-state index is 11.3. The number of hydrogen-bond donors (Lipinski definition) is 3. The maximum atomic E-state index is 11.3. The van der Waals surface area contributed by atoms with Gasteiger partial charge in [0.15, 0.2) is 5.82 Å². The Bertz CT molecular complexity index is 663. The third-order valence-electron chi connectivity index (χ3n) is 2.76. The molecule has 0 saturated carbocycles. The number of benzene rings is 1. The van der Waals surface area contributed by atoms with E-state index in [4.69, 9.17) is 10.8 Å². The Balaban J connectivity index is 2.30. The summed E-state index contributed by atoms with van der Waals surface area (Å²) in [6, 6.07) is 6.11. The largest absolute Gasteiger partial charge is 0.480 e. The highest BCUT2D eigenvalue weighted by Gasteiger charge is 2.14. The summed E-state index contributed by atoms with van der Waals surface area (Å²) in [7, 11) is 0. The number of aromatic nitrogens is 2. The summed E-state index contributed by atoms with van der Waals surface area (Å²) in [5.41, 5.74) is 6.96. The molecule has 1 unspecified atom stereocenters. The highest BCUT2D eigenvalue weighted by Crippen LogP contribution is 2.11. The van der Waals surface area contributed by atoms with Crippen LogP contribution in [0, 0.1) is 0 Å². The van der Waals surface area contributed by atoms with E-state index in [9.17, 15) is 9.00 Å². The predicted molar refractivity (Wildman–Crippen MR) is 75.7 cm³/mol. The topological polar surface area (TPSA) is 109 Å². The van der Waals surface area contributed by atoms with Crippen molar-refractivity contribution in [2.24, 2.45) is 5.73 Å². The third-order valence-corrected chi connectivity index (χ3v) is 3.35. The number of hydrogen-bond acceptors (Lipinski definition) is 4. The van der Waals surface area contributed by atoms with Crippen LogP contribution in [0.4, 0.5) is 0 Å². The van der Waals surface area contributed by atoms with E-state index in [1.54, 1.807) is 36.7 Å². The second-order valence-electron chi connectivity index (χ2n) is 4.20. The molecule has 0 aliphatic carbocycles. The minimum atomic E-state index is -1.05. The summed E-state index contributed by atoms with van der Waals surface area (Å²) >= 11 is 0.340. The average molecular weight is 291 g/mol. The van der Waals surface area contributed by atoms with Gasteiger partial charge in [0.25, 0.3) is 0 Å². The minimum Gasteiger partial charge on any atom is -0.480 e. The lowest BCUT2D eigenvalue weighted by molar-refractivity contribution is -0.138. The van der Waals surface area contributed by atoms with Crippen molar-refractivity contribution in [2.45, 2.75) is 12.5 Å². The molecule has 6 nitrogen and oxygen atoms in total. The zero-order chi connectivity index (χ0) is 14.5. The number of carboxylic acids is 1. The zero-order valence-electron chi connectivity index (χ0n) is 10.4. The van der Waals surface area contributed by atoms with Crippen LogP contribution in [0.1, 0.15) is 17.0 Å². The number of aromatic amines is 1. The van der Waals surface area contributed by atoms with E-state index in [0.29, 0.717) is 27.5 Å². The van der Waals surface area contributed by atoms with Gasteiger partial charge in [-0.05, 0) is 17.5 Å². The van der Waals surface area contributed by atoms with Gasteiger partial charge in [-0.3, -0.25) is 4.79 Å². The third kappa shape index (κ3) is 3.19. The molecule has 0 radical (unpaired) electrons. The lowest BCUT2D eigenvalue weighted by Crippen LogP contribution is -2.32. The van der Waals surface area contributed by atoms with Crippen molar-refractivity contribution in [2.75, 3.05) is 0 Å². The first kappa shape index (κ1) is 14.2. The second-order valence-corrected chi connectivity index (χ2v) is 4.77. The van der Waals surface area contributed by atoms with Gasteiger partial charge in [0.05, 0.1) is 0 Å². The molecule has 0 saturated heterocycles. The molecule has 1 atom stereocenters. The standard InChI is InChI=1S/C13H13N3O3S/c14-10(13(17)18)7-8-2-1-3-9(6-8)11(20-19)12-15-4-5-16-12/h1-6,10H,7,14H2,(H,15,16)(H,17,18). The van der Waals surface area contributed by atoms with Crippen molar-refractivity contribution in [1.29, 1.82) is 0 Å². The Hall–Kier alpha value is -2.25. The van der Waals surface area contributed by atoms with E-state index < -0.39 is 12.0 Å². The molecule has 20 heavy (non-hydrogen) atoms. The highest BCUT2D eigenvalue weighted by atomic mass is 32.1. The normalized spacial score (nSPS) is 11.8. The van der Waals surface area contributed by atoms with Crippen LogP contribution < -0.4 is 5.73 Å². The highest BCUT2D eigenvalue weighted by molar-refractivity contribution is 7.67. The molecule has 1 aromatic heterocycles. The first-order valence-corrected chi connectivity index (χ1v) is 6.60. The van der Waals surface area contributed by atoms with Gasteiger partial charge < -0.3 is 15.8 Å². The van der Waals surface area contributed by atoms with Gasteiger partial charge in [-0.15, -0.1) is 0 Å². The monoisotopic (exact) mass is 291 g/mol. The molecule has 7 heteroatoms. The van der Waals surface area contributed by atoms with Crippen LogP contribution in [0.25, 0.3) is 0 Å². The van der Waals surface area contributed by atoms with Crippen LogP contribution in [-0.4, -0.2) is 36.2 Å². The van der Waals surface area contributed by atoms with Crippen LogP contribution >= 0.6 is 0 Å². The first-order valence-electron chi connectivity index (χ1n) is 5.86. The molecule has 2 aromatic rings. The molecule has 0 aliphatic heterocycles. The van der Waals surface area contributed by atoms with E-state index in [1.807, 2.05) is 0 Å². The van der Waals surface area contributed by atoms with Gasteiger partial charge in [0, 0.05) is 12.4 Å². The first-order chi connectivity index (χ1) is 9.61. The van der Waals surface area contributed by atoms with Crippen molar-refractivity contribution in [3.63, 3.8) is 0 Å². The van der Waals surface area contributed by atoms with Crippen molar-refractivity contribution in [3.05, 3.63) is 53.6 Å².